The zero-order valence-electron chi connectivity index (χ0n) is 10.8. The molecule has 21 heavy (non-hydrogen) atoms. The molecular weight excluding hydrogens is 310 g/mol. The van der Waals surface area contributed by atoms with Crippen LogP contribution in [0.1, 0.15) is 5.56 Å². The summed E-state index contributed by atoms with van der Waals surface area (Å²) in [4.78, 5) is 16.1. The summed E-state index contributed by atoms with van der Waals surface area (Å²) in [6, 6.07) is 8.49. The standard InChI is InChI=1S/C14H10ClN3O2S/c15-11-3-4-12(18(19)20)10(8-11)9-17-6-5-16-14(17)13-2-1-7-21-13/h1-8H,9H2. The number of halogens is 1. The molecule has 0 aliphatic carbocycles. The van der Waals surface area contributed by atoms with E-state index in [1.54, 1.807) is 29.8 Å². The van der Waals surface area contributed by atoms with Gasteiger partial charge in [0, 0.05) is 23.5 Å². The van der Waals surface area contributed by atoms with Crippen molar-refractivity contribution < 1.29 is 4.92 Å². The Morgan fingerprint density at radius 1 is 1.38 bits per heavy atom. The van der Waals surface area contributed by atoms with Crippen LogP contribution in [0.5, 0.6) is 0 Å². The van der Waals surface area contributed by atoms with Crippen LogP contribution in [0.3, 0.4) is 0 Å². The Morgan fingerprint density at radius 3 is 2.95 bits per heavy atom. The van der Waals surface area contributed by atoms with Gasteiger partial charge in [0.2, 0.25) is 0 Å². The fourth-order valence-corrected chi connectivity index (χ4v) is 3.04. The van der Waals surface area contributed by atoms with Crippen molar-refractivity contribution in [3.8, 4) is 10.7 Å². The van der Waals surface area contributed by atoms with Gasteiger partial charge in [0.25, 0.3) is 5.69 Å². The Bertz CT molecular complexity index is 783. The molecule has 0 spiro atoms. The molecule has 0 aliphatic heterocycles. The molecule has 0 N–H and O–H groups in total. The zero-order chi connectivity index (χ0) is 14.8. The van der Waals surface area contributed by atoms with Gasteiger partial charge in [-0.2, -0.15) is 0 Å². The van der Waals surface area contributed by atoms with Crippen molar-refractivity contribution in [3.63, 3.8) is 0 Å². The van der Waals surface area contributed by atoms with E-state index in [9.17, 15) is 10.1 Å². The second-order valence-electron chi connectivity index (χ2n) is 4.39. The maximum absolute atomic E-state index is 11.1. The number of benzene rings is 1. The molecule has 0 unspecified atom stereocenters. The second kappa shape index (κ2) is 5.67. The summed E-state index contributed by atoms with van der Waals surface area (Å²) in [5.74, 6) is 0.791. The van der Waals surface area contributed by atoms with Gasteiger partial charge in [-0.3, -0.25) is 10.1 Å². The lowest BCUT2D eigenvalue weighted by atomic mass is 10.2. The van der Waals surface area contributed by atoms with Crippen molar-refractivity contribution in [1.29, 1.82) is 0 Å². The van der Waals surface area contributed by atoms with Crippen LogP contribution in [0, 0.1) is 10.1 Å². The summed E-state index contributed by atoms with van der Waals surface area (Å²) in [7, 11) is 0. The van der Waals surface area contributed by atoms with E-state index in [2.05, 4.69) is 4.98 Å². The fourth-order valence-electron chi connectivity index (χ4n) is 2.11. The molecule has 0 radical (unpaired) electrons. The molecule has 2 heterocycles. The fraction of sp³-hybridized carbons (Fsp3) is 0.0714. The van der Waals surface area contributed by atoms with E-state index in [4.69, 9.17) is 11.6 Å². The Kier molecular flexibility index (Phi) is 3.72. The van der Waals surface area contributed by atoms with Crippen molar-refractivity contribution in [2.45, 2.75) is 6.54 Å². The van der Waals surface area contributed by atoms with Gasteiger partial charge in [0.15, 0.2) is 0 Å². The first-order valence-electron chi connectivity index (χ1n) is 6.13. The second-order valence-corrected chi connectivity index (χ2v) is 5.77. The highest BCUT2D eigenvalue weighted by Crippen LogP contribution is 2.27. The third-order valence-corrected chi connectivity index (χ3v) is 4.14. The van der Waals surface area contributed by atoms with Gasteiger partial charge in [-0.05, 0) is 23.6 Å². The number of hydrogen-bond acceptors (Lipinski definition) is 4. The molecule has 0 amide bonds. The smallest absolute Gasteiger partial charge is 0.274 e. The number of hydrogen-bond donors (Lipinski definition) is 0. The van der Waals surface area contributed by atoms with Crippen molar-refractivity contribution in [1.82, 2.24) is 9.55 Å². The maximum atomic E-state index is 11.1. The van der Waals surface area contributed by atoms with Crippen LogP contribution in [-0.4, -0.2) is 14.5 Å². The van der Waals surface area contributed by atoms with E-state index in [-0.39, 0.29) is 5.69 Å². The van der Waals surface area contributed by atoms with Crippen molar-refractivity contribution in [2.24, 2.45) is 0 Å². The first-order chi connectivity index (χ1) is 10.1. The minimum Gasteiger partial charge on any atom is -0.326 e. The molecule has 0 fully saturated rings. The third-order valence-electron chi connectivity index (χ3n) is 3.04. The van der Waals surface area contributed by atoms with E-state index in [0.717, 1.165) is 10.7 Å². The van der Waals surface area contributed by atoms with Gasteiger partial charge in [0.05, 0.1) is 21.9 Å². The van der Waals surface area contributed by atoms with Crippen molar-refractivity contribution in [2.75, 3.05) is 0 Å². The van der Waals surface area contributed by atoms with E-state index < -0.39 is 4.92 Å². The first kappa shape index (κ1) is 13.8. The molecule has 1 aromatic carbocycles. The van der Waals surface area contributed by atoms with Crippen LogP contribution in [0.2, 0.25) is 5.02 Å². The molecule has 0 atom stereocenters. The number of imidazole rings is 1. The summed E-state index contributed by atoms with van der Waals surface area (Å²) < 4.78 is 1.88. The number of aromatic nitrogens is 2. The normalized spacial score (nSPS) is 10.7. The highest BCUT2D eigenvalue weighted by Gasteiger charge is 2.16. The Morgan fingerprint density at radius 2 is 2.24 bits per heavy atom. The van der Waals surface area contributed by atoms with Crippen LogP contribution in [-0.2, 0) is 6.54 Å². The number of nitrogens with zero attached hydrogens (tertiary/aromatic N) is 3. The van der Waals surface area contributed by atoms with Gasteiger partial charge in [-0.15, -0.1) is 11.3 Å². The lowest BCUT2D eigenvalue weighted by Gasteiger charge is -2.08. The molecule has 0 saturated carbocycles. The molecule has 106 valence electrons. The van der Waals surface area contributed by atoms with E-state index >= 15 is 0 Å². The Balaban J connectivity index is 2.00. The lowest BCUT2D eigenvalue weighted by molar-refractivity contribution is -0.385. The van der Waals surface area contributed by atoms with Crippen molar-refractivity contribution in [3.05, 3.63) is 68.8 Å². The third kappa shape index (κ3) is 2.81. The van der Waals surface area contributed by atoms with Crippen LogP contribution < -0.4 is 0 Å². The molecular formula is C14H10ClN3O2S. The highest BCUT2D eigenvalue weighted by molar-refractivity contribution is 7.13. The molecule has 2 aromatic heterocycles. The predicted octanol–water partition coefficient (Wildman–Crippen LogP) is 4.22. The van der Waals surface area contributed by atoms with Gasteiger partial charge >= 0.3 is 0 Å². The number of rotatable bonds is 4. The first-order valence-corrected chi connectivity index (χ1v) is 7.39. The molecule has 0 bridgehead atoms. The van der Waals surface area contributed by atoms with E-state index in [1.807, 2.05) is 22.1 Å². The molecule has 7 heteroatoms. The number of nitro benzene ring substituents is 1. The van der Waals surface area contributed by atoms with Crippen molar-refractivity contribution >= 4 is 28.6 Å². The molecule has 3 rings (SSSR count). The number of nitro groups is 1. The highest BCUT2D eigenvalue weighted by atomic mass is 35.5. The Hall–Kier alpha value is -2.18. The summed E-state index contributed by atoms with van der Waals surface area (Å²) in [5, 5.41) is 13.6. The minimum absolute atomic E-state index is 0.0604. The van der Waals surface area contributed by atoms with Gasteiger partial charge in [0.1, 0.15) is 5.82 Å². The van der Waals surface area contributed by atoms with Gasteiger partial charge in [-0.25, -0.2) is 4.98 Å². The minimum atomic E-state index is -0.395. The predicted molar refractivity (Wildman–Crippen MR) is 82.7 cm³/mol. The summed E-state index contributed by atoms with van der Waals surface area (Å²) in [5.41, 5.74) is 0.619. The summed E-state index contributed by atoms with van der Waals surface area (Å²) >= 11 is 7.53. The Labute approximate surface area is 129 Å². The van der Waals surface area contributed by atoms with Gasteiger partial charge < -0.3 is 4.57 Å². The molecule has 5 nitrogen and oxygen atoms in total. The number of thiophene rings is 1. The van der Waals surface area contributed by atoms with Crippen LogP contribution in [0.15, 0.2) is 48.1 Å². The van der Waals surface area contributed by atoms with Crippen LogP contribution in [0.4, 0.5) is 5.69 Å². The zero-order valence-corrected chi connectivity index (χ0v) is 12.3. The average Bonchev–Trinajstić information content (AvgIpc) is 3.08. The van der Waals surface area contributed by atoms with Gasteiger partial charge in [-0.1, -0.05) is 17.7 Å². The quantitative estimate of drug-likeness (QED) is 0.534. The average molecular weight is 320 g/mol. The summed E-state index contributed by atoms with van der Waals surface area (Å²) in [6.07, 6.45) is 3.49. The monoisotopic (exact) mass is 319 g/mol. The topological polar surface area (TPSA) is 61.0 Å². The SMILES string of the molecule is O=[N+]([O-])c1ccc(Cl)cc1Cn1ccnc1-c1cccs1. The molecule has 3 aromatic rings. The van der Waals surface area contributed by atoms with E-state index in [0.29, 0.717) is 17.1 Å². The molecule has 0 saturated heterocycles. The van der Waals surface area contributed by atoms with E-state index in [1.165, 1.54) is 12.1 Å². The maximum Gasteiger partial charge on any atom is 0.274 e. The van der Waals surface area contributed by atoms with Crippen LogP contribution >= 0.6 is 22.9 Å². The lowest BCUT2D eigenvalue weighted by Crippen LogP contribution is -2.03. The summed E-state index contributed by atoms with van der Waals surface area (Å²) in [6.45, 7) is 0.351. The molecule has 0 aliphatic rings. The van der Waals surface area contributed by atoms with Crippen LogP contribution in [0.25, 0.3) is 10.7 Å². The largest absolute Gasteiger partial charge is 0.326 e.